The number of aromatic nitrogens is 2. The molecular weight excluding hydrogens is 460 g/mol. The van der Waals surface area contributed by atoms with Gasteiger partial charge >= 0.3 is 0 Å². The van der Waals surface area contributed by atoms with Gasteiger partial charge in [0.15, 0.2) is 5.96 Å². The SMILES string of the molecule is CCNC(=NCc1ccco1)NCCc1ccn(-c2ccc(F)cc2)n1.I. The average Bonchev–Trinajstić information content (AvgIpc) is 3.32. The van der Waals surface area contributed by atoms with Gasteiger partial charge in [0, 0.05) is 25.7 Å². The van der Waals surface area contributed by atoms with Gasteiger partial charge in [0.25, 0.3) is 0 Å². The fraction of sp³-hybridized carbons (Fsp3) is 0.263. The first-order valence-electron chi connectivity index (χ1n) is 8.59. The standard InChI is InChI=1S/C19H22FN5O.HI/c1-2-21-19(23-14-18-4-3-13-26-18)22-11-9-16-10-12-25(24-16)17-7-5-15(20)6-8-17;/h3-8,10,12-13H,2,9,11,14H2,1H3,(H2,21,22,23);1H. The lowest BCUT2D eigenvalue weighted by atomic mass is 10.3. The van der Waals surface area contributed by atoms with E-state index in [1.54, 1.807) is 23.1 Å². The first-order valence-corrected chi connectivity index (χ1v) is 8.59. The molecule has 0 saturated carbocycles. The van der Waals surface area contributed by atoms with Crippen LogP contribution in [0.15, 0.2) is 64.3 Å². The summed E-state index contributed by atoms with van der Waals surface area (Å²) >= 11 is 0. The zero-order valence-corrected chi connectivity index (χ0v) is 17.4. The van der Waals surface area contributed by atoms with E-state index in [1.807, 2.05) is 31.3 Å². The van der Waals surface area contributed by atoms with Crippen LogP contribution >= 0.6 is 24.0 Å². The van der Waals surface area contributed by atoms with Crippen molar-refractivity contribution in [2.75, 3.05) is 13.1 Å². The number of hydrogen-bond acceptors (Lipinski definition) is 3. The molecule has 2 N–H and O–H groups in total. The highest BCUT2D eigenvalue weighted by molar-refractivity contribution is 14.0. The molecule has 1 aromatic carbocycles. The van der Waals surface area contributed by atoms with Gasteiger partial charge in [-0.25, -0.2) is 14.1 Å². The topological polar surface area (TPSA) is 67.4 Å². The summed E-state index contributed by atoms with van der Waals surface area (Å²) in [6, 6.07) is 12.0. The van der Waals surface area contributed by atoms with E-state index in [4.69, 9.17) is 4.42 Å². The van der Waals surface area contributed by atoms with E-state index in [2.05, 4.69) is 20.7 Å². The third-order valence-corrected chi connectivity index (χ3v) is 3.73. The van der Waals surface area contributed by atoms with E-state index in [9.17, 15) is 4.39 Å². The molecule has 0 atom stereocenters. The fourth-order valence-corrected chi connectivity index (χ4v) is 2.44. The quantitative estimate of drug-likeness (QED) is 0.307. The molecule has 3 aromatic rings. The van der Waals surface area contributed by atoms with E-state index < -0.39 is 0 Å². The molecule has 27 heavy (non-hydrogen) atoms. The van der Waals surface area contributed by atoms with Gasteiger partial charge in [0.2, 0.25) is 0 Å². The van der Waals surface area contributed by atoms with Crippen molar-refractivity contribution in [1.82, 2.24) is 20.4 Å². The van der Waals surface area contributed by atoms with Crippen LogP contribution in [0, 0.1) is 5.82 Å². The second-order valence-electron chi connectivity index (χ2n) is 5.68. The molecule has 0 amide bonds. The van der Waals surface area contributed by atoms with Crippen molar-refractivity contribution >= 4 is 29.9 Å². The molecule has 0 fully saturated rings. The summed E-state index contributed by atoms with van der Waals surface area (Å²) in [5, 5.41) is 11.0. The molecule has 0 radical (unpaired) electrons. The van der Waals surface area contributed by atoms with Gasteiger partial charge in [-0.05, 0) is 49.4 Å². The second-order valence-corrected chi connectivity index (χ2v) is 5.68. The van der Waals surface area contributed by atoms with Gasteiger partial charge in [-0.1, -0.05) is 0 Å². The lowest BCUT2D eigenvalue weighted by Crippen LogP contribution is -2.38. The molecule has 0 unspecified atom stereocenters. The maximum absolute atomic E-state index is 13.0. The summed E-state index contributed by atoms with van der Waals surface area (Å²) in [7, 11) is 0. The highest BCUT2D eigenvalue weighted by atomic mass is 127. The molecule has 0 bridgehead atoms. The Bertz CT molecular complexity index is 830. The first kappa shape index (κ1) is 20.9. The Morgan fingerprint density at radius 2 is 2.00 bits per heavy atom. The summed E-state index contributed by atoms with van der Waals surface area (Å²) in [5.74, 6) is 1.30. The Hall–Kier alpha value is -2.36. The summed E-state index contributed by atoms with van der Waals surface area (Å²) in [5.41, 5.74) is 1.78. The number of furan rings is 1. The van der Waals surface area contributed by atoms with Gasteiger partial charge in [-0.15, -0.1) is 24.0 Å². The van der Waals surface area contributed by atoms with Crippen LogP contribution in [0.5, 0.6) is 0 Å². The smallest absolute Gasteiger partial charge is 0.191 e. The summed E-state index contributed by atoms with van der Waals surface area (Å²) in [6.07, 6.45) is 4.26. The van der Waals surface area contributed by atoms with Crippen molar-refractivity contribution in [1.29, 1.82) is 0 Å². The number of halogens is 2. The minimum Gasteiger partial charge on any atom is -0.467 e. The lowest BCUT2D eigenvalue weighted by molar-refractivity contribution is 0.512. The van der Waals surface area contributed by atoms with E-state index in [-0.39, 0.29) is 29.8 Å². The number of benzene rings is 1. The highest BCUT2D eigenvalue weighted by Crippen LogP contribution is 2.09. The average molecular weight is 483 g/mol. The molecule has 0 saturated heterocycles. The highest BCUT2D eigenvalue weighted by Gasteiger charge is 2.03. The molecule has 0 aliphatic heterocycles. The van der Waals surface area contributed by atoms with Gasteiger partial charge < -0.3 is 15.1 Å². The van der Waals surface area contributed by atoms with Crippen molar-refractivity contribution in [3.63, 3.8) is 0 Å². The van der Waals surface area contributed by atoms with Gasteiger partial charge in [-0.3, -0.25) is 0 Å². The van der Waals surface area contributed by atoms with Gasteiger partial charge in [0.1, 0.15) is 18.1 Å². The molecule has 2 heterocycles. The largest absolute Gasteiger partial charge is 0.467 e. The molecule has 6 nitrogen and oxygen atoms in total. The van der Waals surface area contributed by atoms with E-state index in [0.29, 0.717) is 13.1 Å². The van der Waals surface area contributed by atoms with E-state index in [1.165, 1.54) is 12.1 Å². The van der Waals surface area contributed by atoms with Crippen molar-refractivity contribution < 1.29 is 8.81 Å². The van der Waals surface area contributed by atoms with Crippen molar-refractivity contribution in [3.8, 4) is 5.69 Å². The summed E-state index contributed by atoms with van der Waals surface area (Å²) < 4.78 is 20.0. The van der Waals surface area contributed by atoms with Crippen LogP contribution in [-0.4, -0.2) is 28.8 Å². The monoisotopic (exact) mass is 483 g/mol. The Morgan fingerprint density at radius 3 is 2.70 bits per heavy atom. The minimum atomic E-state index is -0.255. The molecule has 8 heteroatoms. The Kier molecular flexibility index (Phi) is 8.31. The summed E-state index contributed by atoms with van der Waals surface area (Å²) in [4.78, 5) is 4.49. The minimum absolute atomic E-state index is 0. The third-order valence-electron chi connectivity index (χ3n) is 3.73. The van der Waals surface area contributed by atoms with Crippen molar-refractivity contribution in [3.05, 3.63) is 72.2 Å². The molecule has 0 spiro atoms. The molecule has 0 aliphatic rings. The zero-order chi connectivity index (χ0) is 18.2. The summed E-state index contributed by atoms with van der Waals surface area (Å²) in [6.45, 7) is 3.99. The van der Waals surface area contributed by atoms with Crippen molar-refractivity contribution in [2.45, 2.75) is 19.9 Å². The van der Waals surface area contributed by atoms with Crippen LogP contribution in [0.25, 0.3) is 5.69 Å². The fourth-order valence-electron chi connectivity index (χ4n) is 2.44. The van der Waals surface area contributed by atoms with Gasteiger partial charge in [0.05, 0.1) is 17.6 Å². The molecule has 144 valence electrons. The number of hydrogen-bond donors (Lipinski definition) is 2. The molecular formula is C19H23FIN5O. The third kappa shape index (κ3) is 6.38. The maximum atomic E-state index is 13.0. The zero-order valence-electron chi connectivity index (χ0n) is 15.1. The maximum Gasteiger partial charge on any atom is 0.191 e. The van der Waals surface area contributed by atoms with Crippen LogP contribution in [0.1, 0.15) is 18.4 Å². The molecule has 2 aromatic heterocycles. The van der Waals surface area contributed by atoms with Crippen LogP contribution in [0.4, 0.5) is 4.39 Å². The van der Waals surface area contributed by atoms with Crippen LogP contribution in [0.3, 0.4) is 0 Å². The number of nitrogens with zero attached hydrogens (tertiary/aromatic N) is 3. The second kappa shape index (κ2) is 10.7. The van der Waals surface area contributed by atoms with E-state index >= 15 is 0 Å². The van der Waals surface area contributed by atoms with Gasteiger partial charge in [-0.2, -0.15) is 5.10 Å². The molecule has 3 rings (SSSR count). The van der Waals surface area contributed by atoms with Crippen LogP contribution in [0.2, 0.25) is 0 Å². The number of nitrogens with one attached hydrogen (secondary N) is 2. The molecule has 0 aliphatic carbocycles. The van der Waals surface area contributed by atoms with Crippen molar-refractivity contribution in [2.24, 2.45) is 4.99 Å². The number of guanidine groups is 1. The number of rotatable bonds is 7. The number of aliphatic imine (C=N–C) groups is 1. The predicted octanol–water partition coefficient (Wildman–Crippen LogP) is 3.52. The normalized spacial score (nSPS) is 11.1. The Balaban J connectivity index is 0.00000261. The first-order chi connectivity index (χ1) is 12.7. The lowest BCUT2D eigenvalue weighted by Gasteiger charge is -2.10. The van der Waals surface area contributed by atoms with Crippen LogP contribution < -0.4 is 10.6 Å². The van der Waals surface area contributed by atoms with E-state index in [0.717, 1.165) is 36.1 Å². The van der Waals surface area contributed by atoms with Crippen LogP contribution in [-0.2, 0) is 13.0 Å². The Labute approximate surface area is 174 Å². The predicted molar refractivity (Wildman–Crippen MR) is 114 cm³/mol. The Morgan fingerprint density at radius 1 is 1.19 bits per heavy atom.